The Morgan fingerprint density at radius 1 is 1.38 bits per heavy atom. The van der Waals surface area contributed by atoms with Gasteiger partial charge in [-0.1, -0.05) is 18.2 Å². The molecule has 0 amide bonds. The Hall–Kier alpha value is -1.59. The van der Waals surface area contributed by atoms with Crippen molar-refractivity contribution in [3.63, 3.8) is 0 Å². The van der Waals surface area contributed by atoms with Crippen LogP contribution in [-0.2, 0) is 14.3 Å². The van der Waals surface area contributed by atoms with E-state index in [9.17, 15) is 4.79 Å². The van der Waals surface area contributed by atoms with E-state index in [1.165, 1.54) is 7.11 Å². The van der Waals surface area contributed by atoms with Crippen LogP contribution in [0.3, 0.4) is 0 Å². The summed E-state index contributed by atoms with van der Waals surface area (Å²) in [4.78, 5) is 13.4. The third kappa shape index (κ3) is 4.44. The van der Waals surface area contributed by atoms with Crippen LogP contribution in [0.25, 0.3) is 0 Å². The first-order valence-corrected chi connectivity index (χ1v) is 7.20. The number of carbonyl (C=O) groups excluding carboxylic acids is 1. The molecule has 0 spiro atoms. The average molecular weight is 293 g/mol. The molecule has 1 aliphatic rings. The van der Waals surface area contributed by atoms with E-state index in [1.807, 2.05) is 36.9 Å². The molecule has 0 N–H and O–H groups in total. The molecule has 1 unspecified atom stereocenters. The number of hydrogen-bond donors (Lipinski definition) is 0. The molecule has 1 aromatic rings. The zero-order chi connectivity index (χ0) is 15.2. The van der Waals surface area contributed by atoms with Crippen LogP contribution in [0.15, 0.2) is 18.2 Å². The number of hydrogen-bond acceptors (Lipinski definition) is 5. The second kappa shape index (κ2) is 7.43. The van der Waals surface area contributed by atoms with E-state index < -0.39 is 0 Å². The first kappa shape index (κ1) is 15.8. The predicted molar refractivity (Wildman–Crippen MR) is 79.6 cm³/mol. The SMILES string of the molecule is COC(=O)CN1CCOC(COc2c(C)cccc2C)C1. The molecule has 1 atom stereocenters. The van der Waals surface area contributed by atoms with Crippen LogP contribution in [0.4, 0.5) is 0 Å². The molecule has 5 heteroatoms. The highest BCUT2D eigenvalue weighted by atomic mass is 16.5. The van der Waals surface area contributed by atoms with Gasteiger partial charge in [0.05, 0.1) is 20.3 Å². The molecule has 0 aliphatic carbocycles. The largest absolute Gasteiger partial charge is 0.490 e. The summed E-state index contributed by atoms with van der Waals surface area (Å²) in [5, 5.41) is 0. The third-order valence-corrected chi connectivity index (χ3v) is 3.63. The number of nitrogens with zero attached hydrogens (tertiary/aromatic N) is 1. The first-order chi connectivity index (χ1) is 10.1. The quantitative estimate of drug-likeness (QED) is 0.771. The zero-order valence-corrected chi connectivity index (χ0v) is 12.9. The number of ether oxygens (including phenoxy) is 3. The maximum Gasteiger partial charge on any atom is 0.319 e. The van der Waals surface area contributed by atoms with Crippen molar-refractivity contribution >= 4 is 5.97 Å². The minimum atomic E-state index is -0.216. The molecule has 0 aromatic heterocycles. The fraction of sp³-hybridized carbons (Fsp3) is 0.562. The molecule has 1 aliphatic heterocycles. The van der Waals surface area contributed by atoms with E-state index >= 15 is 0 Å². The van der Waals surface area contributed by atoms with Crippen molar-refractivity contribution in [2.75, 3.05) is 40.0 Å². The molecular weight excluding hydrogens is 270 g/mol. The van der Waals surface area contributed by atoms with Gasteiger partial charge in [-0.25, -0.2) is 0 Å². The number of methoxy groups -OCH3 is 1. The fourth-order valence-electron chi connectivity index (χ4n) is 2.48. The van der Waals surface area contributed by atoms with Gasteiger partial charge in [-0.3, -0.25) is 9.69 Å². The number of aryl methyl sites for hydroxylation is 2. The van der Waals surface area contributed by atoms with Gasteiger partial charge < -0.3 is 14.2 Å². The van der Waals surface area contributed by atoms with Crippen molar-refractivity contribution in [2.45, 2.75) is 20.0 Å². The number of carbonyl (C=O) groups is 1. The molecule has 0 radical (unpaired) electrons. The van der Waals surface area contributed by atoms with Crippen LogP contribution in [0.2, 0.25) is 0 Å². The van der Waals surface area contributed by atoms with Crippen molar-refractivity contribution in [3.05, 3.63) is 29.3 Å². The van der Waals surface area contributed by atoms with Crippen molar-refractivity contribution < 1.29 is 19.0 Å². The number of morpholine rings is 1. The maximum absolute atomic E-state index is 11.3. The van der Waals surface area contributed by atoms with Crippen LogP contribution in [0.5, 0.6) is 5.75 Å². The van der Waals surface area contributed by atoms with Gasteiger partial charge in [0.1, 0.15) is 18.5 Å². The van der Waals surface area contributed by atoms with Crippen LogP contribution in [0.1, 0.15) is 11.1 Å². The van der Waals surface area contributed by atoms with Crippen LogP contribution < -0.4 is 4.74 Å². The predicted octanol–water partition coefficient (Wildman–Crippen LogP) is 1.56. The van der Waals surface area contributed by atoms with Gasteiger partial charge in [-0.2, -0.15) is 0 Å². The zero-order valence-electron chi connectivity index (χ0n) is 12.9. The molecule has 5 nitrogen and oxygen atoms in total. The van der Waals surface area contributed by atoms with E-state index in [4.69, 9.17) is 14.2 Å². The highest BCUT2D eigenvalue weighted by Crippen LogP contribution is 2.22. The Balaban J connectivity index is 1.87. The minimum absolute atomic E-state index is 0.0255. The normalized spacial score (nSPS) is 19.3. The second-order valence-corrected chi connectivity index (χ2v) is 5.34. The smallest absolute Gasteiger partial charge is 0.319 e. The van der Waals surface area contributed by atoms with Crippen LogP contribution in [-0.4, -0.2) is 56.9 Å². The Labute approximate surface area is 125 Å². The minimum Gasteiger partial charge on any atom is -0.490 e. The molecule has 1 aromatic carbocycles. The molecule has 1 fully saturated rings. The maximum atomic E-state index is 11.3. The van der Waals surface area contributed by atoms with E-state index in [1.54, 1.807) is 0 Å². The lowest BCUT2D eigenvalue weighted by molar-refractivity contribution is -0.144. The number of esters is 1. The van der Waals surface area contributed by atoms with E-state index in [-0.39, 0.29) is 12.1 Å². The molecule has 21 heavy (non-hydrogen) atoms. The van der Waals surface area contributed by atoms with Gasteiger partial charge in [-0.15, -0.1) is 0 Å². The van der Waals surface area contributed by atoms with Gasteiger partial charge >= 0.3 is 5.97 Å². The molecule has 116 valence electrons. The Morgan fingerprint density at radius 3 is 2.76 bits per heavy atom. The van der Waals surface area contributed by atoms with E-state index in [0.29, 0.717) is 26.3 Å². The summed E-state index contributed by atoms with van der Waals surface area (Å²) in [6.07, 6.45) is -0.0255. The number of rotatable bonds is 5. The Bertz CT molecular complexity index is 469. The summed E-state index contributed by atoms with van der Waals surface area (Å²) >= 11 is 0. The summed E-state index contributed by atoms with van der Waals surface area (Å²) in [5.74, 6) is 0.706. The van der Waals surface area contributed by atoms with Crippen molar-refractivity contribution in [3.8, 4) is 5.75 Å². The van der Waals surface area contributed by atoms with E-state index in [0.717, 1.165) is 23.4 Å². The summed E-state index contributed by atoms with van der Waals surface area (Å²) in [7, 11) is 1.41. The molecule has 1 saturated heterocycles. The summed E-state index contributed by atoms with van der Waals surface area (Å²) in [6.45, 7) is 6.90. The highest BCUT2D eigenvalue weighted by Gasteiger charge is 2.23. The van der Waals surface area contributed by atoms with E-state index in [2.05, 4.69) is 0 Å². The lowest BCUT2D eigenvalue weighted by atomic mass is 10.1. The van der Waals surface area contributed by atoms with Crippen LogP contribution in [0, 0.1) is 13.8 Å². The van der Waals surface area contributed by atoms with Gasteiger partial charge in [0.25, 0.3) is 0 Å². The molecule has 0 saturated carbocycles. The molecule has 2 rings (SSSR count). The summed E-state index contributed by atoms with van der Waals surface area (Å²) in [6, 6.07) is 6.09. The number of para-hydroxylation sites is 1. The monoisotopic (exact) mass is 293 g/mol. The summed E-state index contributed by atoms with van der Waals surface area (Å²) in [5.41, 5.74) is 2.24. The number of benzene rings is 1. The lowest BCUT2D eigenvalue weighted by Gasteiger charge is -2.32. The average Bonchev–Trinajstić information content (AvgIpc) is 2.47. The van der Waals surface area contributed by atoms with Gasteiger partial charge in [0.15, 0.2) is 0 Å². The van der Waals surface area contributed by atoms with Crippen molar-refractivity contribution in [1.29, 1.82) is 0 Å². The molecular formula is C16H23NO4. The molecule has 1 heterocycles. The summed E-state index contributed by atoms with van der Waals surface area (Å²) < 4.78 is 16.3. The topological polar surface area (TPSA) is 48.0 Å². The molecule has 0 bridgehead atoms. The van der Waals surface area contributed by atoms with Crippen molar-refractivity contribution in [2.24, 2.45) is 0 Å². The standard InChI is InChI=1S/C16H23NO4/c1-12-5-4-6-13(2)16(12)21-11-14-9-17(7-8-20-14)10-15(18)19-3/h4-6,14H,7-11H2,1-3H3. The van der Waals surface area contributed by atoms with Gasteiger partial charge in [-0.05, 0) is 25.0 Å². The lowest BCUT2D eigenvalue weighted by Crippen LogP contribution is -2.46. The fourth-order valence-corrected chi connectivity index (χ4v) is 2.48. The Kier molecular flexibility index (Phi) is 5.59. The van der Waals surface area contributed by atoms with Gasteiger partial charge in [0, 0.05) is 13.1 Å². The van der Waals surface area contributed by atoms with Crippen molar-refractivity contribution in [1.82, 2.24) is 4.90 Å². The highest BCUT2D eigenvalue weighted by molar-refractivity contribution is 5.71. The van der Waals surface area contributed by atoms with Gasteiger partial charge in [0.2, 0.25) is 0 Å². The second-order valence-electron chi connectivity index (χ2n) is 5.34. The van der Waals surface area contributed by atoms with Crippen LogP contribution >= 0.6 is 0 Å². The Morgan fingerprint density at radius 2 is 2.10 bits per heavy atom. The third-order valence-electron chi connectivity index (χ3n) is 3.63. The first-order valence-electron chi connectivity index (χ1n) is 7.20.